The van der Waals surface area contributed by atoms with E-state index in [9.17, 15) is 0 Å². The third-order valence-electron chi connectivity index (χ3n) is 5.49. The van der Waals surface area contributed by atoms with E-state index in [0.717, 1.165) is 50.5 Å². The average Bonchev–Trinajstić information content (AvgIpc) is 3.08. The molecule has 2 aliphatic rings. The zero-order chi connectivity index (χ0) is 15.1. The molecule has 1 aliphatic heterocycles. The van der Waals surface area contributed by atoms with Crippen LogP contribution in [0.5, 0.6) is 0 Å². The molecule has 0 amide bonds. The van der Waals surface area contributed by atoms with Gasteiger partial charge in [-0.15, -0.1) is 0 Å². The Morgan fingerprint density at radius 2 is 1.90 bits per heavy atom. The van der Waals surface area contributed by atoms with Gasteiger partial charge in [-0.3, -0.25) is 0 Å². The van der Waals surface area contributed by atoms with Crippen LogP contribution in [-0.2, 0) is 10.3 Å². The van der Waals surface area contributed by atoms with Crippen molar-refractivity contribution in [1.82, 2.24) is 15.5 Å². The summed E-state index contributed by atoms with van der Waals surface area (Å²) in [6.45, 7) is 8.81. The van der Waals surface area contributed by atoms with E-state index in [2.05, 4.69) is 31.2 Å². The third kappa shape index (κ3) is 2.73. The Morgan fingerprint density at radius 3 is 2.48 bits per heavy atom. The van der Waals surface area contributed by atoms with Gasteiger partial charge in [-0.05, 0) is 43.6 Å². The fraction of sp³-hybridized carbons (Fsp3) is 0.875. The van der Waals surface area contributed by atoms with Gasteiger partial charge in [0, 0.05) is 13.7 Å². The van der Waals surface area contributed by atoms with Gasteiger partial charge in [0.2, 0.25) is 11.7 Å². The summed E-state index contributed by atoms with van der Waals surface area (Å²) >= 11 is 0. The minimum atomic E-state index is -0.355. The van der Waals surface area contributed by atoms with Gasteiger partial charge < -0.3 is 14.6 Å². The van der Waals surface area contributed by atoms with Crippen LogP contribution in [0, 0.1) is 11.3 Å². The van der Waals surface area contributed by atoms with Crippen molar-refractivity contribution in [3.8, 4) is 0 Å². The molecule has 1 aromatic rings. The first-order valence-electron chi connectivity index (χ1n) is 8.06. The normalized spacial score (nSPS) is 31.4. The van der Waals surface area contributed by atoms with Gasteiger partial charge in [-0.2, -0.15) is 4.98 Å². The summed E-state index contributed by atoms with van der Waals surface area (Å²) in [4.78, 5) is 4.71. The predicted octanol–water partition coefficient (Wildman–Crippen LogP) is 2.83. The van der Waals surface area contributed by atoms with Crippen molar-refractivity contribution < 1.29 is 9.26 Å². The summed E-state index contributed by atoms with van der Waals surface area (Å²) in [6, 6.07) is 0. The second-order valence-electron chi connectivity index (χ2n) is 7.56. The maximum Gasteiger partial charge on any atom is 0.231 e. The van der Waals surface area contributed by atoms with Gasteiger partial charge in [0.05, 0.1) is 5.92 Å². The highest BCUT2D eigenvalue weighted by Gasteiger charge is 2.44. The summed E-state index contributed by atoms with van der Waals surface area (Å²) < 4.78 is 11.4. The minimum absolute atomic E-state index is 0.334. The Morgan fingerprint density at radius 1 is 1.19 bits per heavy atom. The zero-order valence-electron chi connectivity index (χ0n) is 13.6. The molecule has 5 heteroatoms. The van der Waals surface area contributed by atoms with E-state index in [1.54, 1.807) is 7.11 Å². The van der Waals surface area contributed by atoms with Gasteiger partial charge in [0.1, 0.15) is 5.60 Å². The molecule has 2 fully saturated rings. The summed E-state index contributed by atoms with van der Waals surface area (Å²) in [5.74, 6) is 2.39. The largest absolute Gasteiger partial charge is 0.370 e. The van der Waals surface area contributed by atoms with Crippen LogP contribution in [0.2, 0.25) is 0 Å². The van der Waals surface area contributed by atoms with Crippen LogP contribution in [0.3, 0.4) is 0 Å². The van der Waals surface area contributed by atoms with Crippen LogP contribution in [-0.4, -0.2) is 30.3 Å². The van der Waals surface area contributed by atoms with E-state index in [0.29, 0.717) is 17.3 Å². The van der Waals surface area contributed by atoms with Gasteiger partial charge in [0.15, 0.2) is 0 Å². The molecule has 1 aromatic heterocycles. The van der Waals surface area contributed by atoms with E-state index >= 15 is 0 Å². The van der Waals surface area contributed by atoms with Crippen molar-refractivity contribution in [2.75, 3.05) is 20.2 Å². The van der Waals surface area contributed by atoms with Crippen LogP contribution in [0.25, 0.3) is 0 Å². The molecule has 21 heavy (non-hydrogen) atoms. The molecule has 2 atom stereocenters. The summed E-state index contributed by atoms with van der Waals surface area (Å²) in [7, 11) is 1.77. The molecule has 2 heterocycles. The first kappa shape index (κ1) is 15.0. The lowest BCUT2D eigenvalue weighted by Gasteiger charge is -2.40. The Hall–Kier alpha value is -0.940. The summed E-state index contributed by atoms with van der Waals surface area (Å²) in [5, 5.41) is 7.66. The van der Waals surface area contributed by atoms with Gasteiger partial charge >= 0.3 is 0 Å². The van der Waals surface area contributed by atoms with E-state index < -0.39 is 0 Å². The number of ether oxygens (including phenoxy) is 1. The SMILES string of the molecule is COC1(c2noc(C3CNCC3C)n2)CCC(C)(C)CC1. The molecule has 1 saturated heterocycles. The number of nitrogens with one attached hydrogen (secondary N) is 1. The van der Waals surface area contributed by atoms with E-state index in [-0.39, 0.29) is 5.60 Å². The van der Waals surface area contributed by atoms with Gasteiger partial charge in [-0.1, -0.05) is 25.9 Å². The molecule has 3 rings (SSSR count). The predicted molar refractivity (Wildman–Crippen MR) is 80.0 cm³/mol. The highest BCUT2D eigenvalue weighted by Crippen LogP contribution is 2.46. The number of methoxy groups -OCH3 is 1. The first-order valence-corrected chi connectivity index (χ1v) is 8.06. The van der Waals surface area contributed by atoms with Crippen molar-refractivity contribution in [3.05, 3.63) is 11.7 Å². The lowest BCUT2D eigenvalue weighted by Crippen LogP contribution is -2.37. The molecule has 2 unspecified atom stereocenters. The number of hydrogen-bond acceptors (Lipinski definition) is 5. The number of rotatable bonds is 3. The van der Waals surface area contributed by atoms with Crippen LogP contribution in [0.15, 0.2) is 4.52 Å². The van der Waals surface area contributed by atoms with Crippen molar-refractivity contribution in [1.29, 1.82) is 0 Å². The molecule has 0 radical (unpaired) electrons. The average molecular weight is 293 g/mol. The Balaban J connectivity index is 1.81. The van der Waals surface area contributed by atoms with Crippen molar-refractivity contribution >= 4 is 0 Å². The highest BCUT2D eigenvalue weighted by molar-refractivity contribution is 5.08. The standard InChI is InChI=1S/C16H27N3O2/c1-11-9-17-10-12(11)13-18-14(19-21-13)16(20-4)7-5-15(2,3)6-8-16/h11-12,17H,5-10H2,1-4H3. The van der Waals surface area contributed by atoms with Crippen LogP contribution < -0.4 is 5.32 Å². The molecule has 0 aromatic carbocycles. The van der Waals surface area contributed by atoms with E-state index in [1.807, 2.05) is 0 Å². The molecule has 0 bridgehead atoms. The smallest absolute Gasteiger partial charge is 0.231 e. The maximum atomic E-state index is 5.86. The highest BCUT2D eigenvalue weighted by atomic mass is 16.5. The minimum Gasteiger partial charge on any atom is -0.370 e. The van der Waals surface area contributed by atoms with Crippen molar-refractivity contribution in [2.45, 2.75) is 58.0 Å². The summed E-state index contributed by atoms with van der Waals surface area (Å²) in [6.07, 6.45) is 4.19. The maximum absolute atomic E-state index is 5.86. The van der Waals surface area contributed by atoms with Gasteiger partial charge in [-0.25, -0.2) is 0 Å². The van der Waals surface area contributed by atoms with Crippen LogP contribution >= 0.6 is 0 Å². The quantitative estimate of drug-likeness (QED) is 0.928. The van der Waals surface area contributed by atoms with Crippen LogP contribution in [0.4, 0.5) is 0 Å². The number of nitrogens with zero attached hydrogens (tertiary/aromatic N) is 2. The molecule has 1 N–H and O–H groups in total. The summed E-state index contributed by atoms with van der Waals surface area (Å²) in [5.41, 5.74) is 0.0328. The fourth-order valence-electron chi connectivity index (χ4n) is 3.56. The van der Waals surface area contributed by atoms with E-state index in [1.165, 1.54) is 0 Å². The first-order chi connectivity index (χ1) is 9.96. The van der Waals surface area contributed by atoms with Crippen molar-refractivity contribution in [2.24, 2.45) is 11.3 Å². The number of aromatic nitrogens is 2. The number of hydrogen-bond donors (Lipinski definition) is 1. The molecule has 1 saturated carbocycles. The molecule has 0 spiro atoms. The topological polar surface area (TPSA) is 60.2 Å². The fourth-order valence-corrected chi connectivity index (χ4v) is 3.56. The molecule has 5 nitrogen and oxygen atoms in total. The Labute approximate surface area is 126 Å². The Bertz CT molecular complexity index is 487. The lowest BCUT2D eigenvalue weighted by atomic mass is 9.70. The van der Waals surface area contributed by atoms with Crippen LogP contribution in [0.1, 0.15) is 64.1 Å². The second-order valence-corrected chi connectivity index (χ2v) is 7.56. The van der Waals surface area contributed by atoms with Gasteiger partial charge in [0.25, 0.3) is 0 Å². The molecule has 1 aliphatic carbocycles. The Kier molecular flexibility index (Phi) is 3.82. The molecular formula is C16H27N3O2. The second kappa shape index (κ2) is 5.36. The zero-order valence-corrected chi connectivity index (χ0v) is 13.6. The third-order valence-corrected chi connectivity index (χ3v) is 5.49. The lowest BCUT2D eigenvalue weighted by molar-refractivity contribution is -0.0740. The monoisotopic (exact) mass is 293 g/mol. The molecule has 118 valence electrons. The van der Waals surface area contributed by atoms with E-state index in [4.69, 9.17) is 14.2 Å². The van der Waals surface area contributed by atoms with Crippen molar-refractivity contribution in [3.63, 3.8) is 0 Å². The molecular weight excluding hydrogens is 266 g/mol.